The standard InChI is InChI=1S/C19H22N2O5/c1-13(11-22)21(19(24)25)20(2)16-7-8-18(26-3)17(10-16)15-6-4-5-14(9-15)12-23/h4-11,13,23H,12H2,1-3H3,(H,24,25). The van der Waals surface area contributed by atoms with E-state index >= 15 is 0 Å². The van der Waals surface area contributed by atoms with Gasteiger partial charge < -0.3 is 19.7 Å². The second kappa shape index (κ2) is 8.35. The van der Waals surface area contributed by atoms with Gasteiger partial charge in [-0.3, -0.25) is 5.01 Å². The van der Waals surface area contributed by atoms with Crippen LogP contribution in [0.1, 0.15) is 12.5 Å². The number of amides is 1. The molecule has 2 rings (SSSR count). The molecule has 0 radical (unpaired) electrons. The molecule has 1 atom stereocenters. The molecule has 26 heavy (non-hydrogen) atoms. The second-order valence-corrected chi connectivity index (χ2v) is 5.77. The number of aldehydes is 1. The summed E-state index contributed by atoms with van der Waals surface area (Å²) in [5.74, 6) is 0.613. The predicted octanol–water partition coefficient (Wildman–Crippen LogP) is 2.77. The average molecular weight is 358 g/mol. The molecule has 138 valence electrons. The lowest BCUT2D eigenvalue weighted by Crippen LogP contribution is -2.49. The van der Waals surface area contributed by atoms with Crippen LogP contribution < -0.4 is 9.75 Å². The molecule has 0 aliphatic rings. The summed E-state index contributed by atoms with van der Waals surface area (Å²) < 4.78 is 5.42. The van der Waals surface area contributed by atoms with Crippen LogP contribution in [-0.2, 0) is 11.4 Å². The van der Waals surface area contributed by atoms with Gasteiger partial charge in [0.05, 0.1) is 19.4 Å². The molecule has 1 amide bonds. The maximum Gasteiger partial charge on any atom is 0.426 e. The fraction of sp³-hybridized carbons (Fsp3) is 0.263. The summed E-state index contributed by atoms with van der Waals surface area (Å²) >= 11 is 0. The van der Waals surface area contributed by atoms with Crippen LogP contribution >= 0.6 is 0 Å². The predicted molar refractivity (Wildman–Crippen MR) is 98.1 cm³/mol. The molecular formula is C19H22N2O5. The van der Waals surface area contributed by atoms with Gasteiger partial charge in [-0.1, -0.05) is 18.2 Å². The Kier molecular flexibility index (Phi) is 6.19. The number of carbonyl (C=O) groups excluding carboxylic acids is 1. The van der Waals surface area contributed by atoms with Gasteiger partial charge in [0.15, 0.2) is 0 Å². The molecule has 0 aliphatic carbocycles. The SMILES string of the molecule is COc1ccc(N(C)N(C(=O)O)C(C)C=O)cc1-c1cccc(CO)c1. The number of methoxy groups -OCH3 is 1. The maximum absolute atomic E-state index is 11.5. The third-order valence-electron chi connectivity index (χ3n) is 4.08. The monoisotopic (exact) mass is 358 g/mol. The second-order valence-electron chi connectivity index (χ2n) is 5.77. The molecule has 0 saturated heterocycles. The van der Waals surface area contributed by atoms with Crippen LogP contribution in [0.4, 0.5) is 10.5 Å². The summed E-state index contributed by atoms with van der Waals surface area (Å²) in [6, 6.07) is 11.8. The van der Waals surface area contributed by atoms with Crippen LogP contribution in [0, 0.1) is 0 Å². The number of aliphatic hydroxyl groups excluding tert-OH is 1. The Bertz CT molecular complexity index is 793. The number of aliphatic hydroxyl groups is 1. The van der Waals surface area contributed by atoms with Crippen molar-refractivity contribution in [3.05, 3.63) is 48.0 Å². The zero-order valence-electron chi connectivity index (χ0n) is 14.9. The average Bonchev–Trinajstić information content (AvgIpc) is 2.67. The van der Waals surface area contributed by atoms with Crippen molar-refractivity contribution in [1.29, 1.82) is 0 Å². The highest BCUT2D eigenvalue weighted by Gasteiger charge is 2.24. The van der Waals surface area contributed by atoms with Gasteiger partial charge >= 0.3 is 6.09 Å². The quantitative estimate of drug-likeness (QED) is 0.584. The number of anilines is 1. The number of nitrogens with zero attached hydrogens (tertiary/aromatic N) is 2. The highest BCUT2D eigenvalue weighted by atomic mass is 16.5. The van der Waals surface area contributed by atoms with Crippen molar-refractivity contribution in [1.82, 2.24) is 5.01 Å². The van der Waals surface area contributed by atoms with Crippen molar-refractivity contribution >= 4 is 18.1 Å². The number of hydrazine groups is 1. The van der Waals surface area contributed by atoms with E-state index < -0.39 is 12.1 Å². The fourth-order valence-electron chi connectivity index (χ4n) is 2.72. The summed E-state index contributed by atoms with van der Waals surface area (Å²) in [6.45, 7) is 1.42. The van der Waals surface area contributed by atoms with Crippen molar-refractivity contribution in [2.45, 2.75) is 19.6 Å². The third-order valence-corrected chi connectivity index (χ3v) is 4.08. The van der Waals surface area contributed by atoms with Crippen LogP contribution in [0.5, 0.6) is 5.75 Å². The minimum atomic E-state index is -1.23. The molecule has 1 unspecified atom stereocenters. The van der Waals surface area contributed by atoms with Gasteiger partial charge in [0.2, 0.25) is 0 Å². The van der Waals surface area contributed by atoms with Gasteiger partial charge in [0.1, 0.15) is 18.1 Å². The largest absolute Gasteiger partial charge is 0.496 e. The van der Waals surface area contributed by atoms with Crippen molar-refractivity contribution < 1.29 is 24.5 Å². The number of carboxylic acid groups (broad SMARTS) is 1. The van der Waals surface area contributed by atoms with Crippen LogP contribution in [0.2, 0.25) is 0 Å². The highest BCUT2D eigenvalue weighted by Crippen LogP contribution is 2.34. The van der Waals surface area contributed by atoms with E-state index in [9.17, 15) is 19.8 Å². The molecule has 7 heteroatoms. The normalized spacial score (nSPS) is 11.5. The molecule has 0 aliphatic heterocycles. The highest BCUT2D eigenvalue weighted by molar-refractivity contribution is 5.78. The minimum absolute atomic E-state index is 0.0839. The molecule has 0 bridgehead atoms. The summed E-state index contributed by atoms with van der Waals surface area (Å²) in [5.41, 5.74) is 2.90. The number of hydrogen-bond donors (Lipinski definition) is 2. The first-order chi connectivity index (χ1) is 12.4. The van der Waals surface area contributed by atoms with Gasteiger partial charge in [-0.05, 0) is 42.3 Å². The lowest BCUT2D eigenvalue weighted by atomic mass is 10.0. The van der Waals surface area contributed by atoms with Gasteiger partial charge in [-0.25, -0.2) is 9.80 Å². The summed E-state index contributed by atoms with van der Waals surface area (Å²) in [5, 5.41) is 21.1. The van der Waals surface area contributed by atoms with E-state index in [1.807, 2.05) is 24.3 Å². The Morgan fingerprint density at radius 1 is 1.27 bits per heavy atom. The topological polar surface area (TPSA) is 90.3 Å². The molecule has 7 nitrogen and oxygen atoms in total. The molecule has 0 saturated carbocycles. The molecule has 2 N–H and O–H groups in total. The maximum atomic E-state index is 11.5. The van der Waals surface area contributed by atoms with Crippen molar-refractivity contribution in [3.63, 3.8) is 0 Å². The summed E-state index contributed by atoms with van der Waals surface area (Å²) in [6.07, 6.45) is -0.661. The lowest BCUT2D eigenvalue weighted by Gasteiger charge is -2.33. The lowest BCUT2D eigenvalue weighted by molar-refractivity contribution is -0.111. The van der Waals surface area contributed by atoms with Crippen LogP contribution in [0.3, 0.4) is 0 Å². The van der Waals surface area contributed by atoms with Gasteiger partial charge in [-0.15, -0.1) is 0 Å². The Morgan fingerprint density at radius 2 is 2.00 bits per heavy atom. The van der Waals surface area contributed by atoms with E-state index in [1.165, 1.54) is 11.9 Å². The molecule has 0 spiro atoms. The first-order valence-corrected chi connectivity index (χ1v) is 8.02. The van der Waals surface area contributed by atoms with Crippen molar-refractivity contribution in [3.8, 4) is 16.9 Å². The van der Waals surface area contributed by atoms with Crippen LogP contribution in [0.25, 0.3) is 11.1 Å². The van der Waals surface area contributed by atoms with Gasteiger partial charge in [0.25, 0.3) is 0 Å². The summed E-state index contributed by atoms with van der Waals surface area (Å²) in [4.78, 5) is 22.6. The zero-order valence-corrected chi connectivity index (χ0v) is 14.9. The molecule has 2 aromatic carbocycles. The Labute approximate surface area is 152 Å². The number of hydrogen-bond acceptors (Lipinski definition) is 5. The Hall–Kier alpha value is -3.06. The number of ether oxygens (including phenoxy) is 1. The first-order valence-electron chi connectivity index (χ1n) is 8.02. The molecule has 2 aromatic rings. The number of benzene rings is 2. The smallest absolute Gasteiger partial charge is 0.426 e. The van der Waals surface area contributed by atoms with Gasteiger partial charge in [-0.2, -0.15) is 0 Å². The third kappa shape index (κ3) is 3.94. The van der Waals surface area contributed by atoms with Gasteiger partial charge in [0, 0.05) is 12.6 Å². The minimum Gasteiger partial charge on any atom is -0.496 e. The van der Waals surface area contributed by atoms with E-state index in [1.54, 1.807) is 32.4 Å². The Balaban J connectivity index is 2.51. The Morgan fingerprint density at radius 3 is 2.58 bits per heavy atom. The van der Waals surface area contributed by atoms with E-state index in [0.717, 1.165) is 21.7 Å². The van der Waals surface area contributed by atoms with E-state index in [-0.39, 0.29) is 6.61 Å². The van der Waals surface area contributed by atoms with E-state index in [0.29, 0.717) is 17.7 Å². The zero-order chi connectivity index (χ0) is 19.3. The molecule has 0 aromatic heterocycles. The summed E-state index contributed by atoms with van der Waals surface area (Å²) in [7, 11) is 3.12. The van der Waals surface area contributed by atoms with Crippen molar-refractivity contribution in [2.75, 3.05) is 19.2 Å². The van der Waals surface area contributed by atoms with Crippen LogP contribution in [-0.4, -0.2) is 47.8 Å². The molecule has 0 heterocycles. The number of carbonyl (C=O) groups is 2. The number of rotatable bonds is 7. The van der Waals surface area contributed by atoms with Crippen molar-refractivity contribution in [2.24, 2.45) is 0 Å². The van der Waals surface area contributed by atoms with E-state index in [4.69, 9.17) is 4.74 Å². The van der Waals surface area contributed by atoms with E-state index in [2.05, 4.69) is 0 Å². The molecular weight excluding hydrogens is 336 g/mol. The fourth-order valence-corrected chi connectivity index (χ4v) is 2.72. The van der Waals surface area contributed by atoms with Crippen LogP contribution in [0.15, 0.2) is 42.5 Å². The molecule has 0 fully saturated rings. The first kappa shape index (κ1) is 19.3.